The number of hydrogen-bond donors (Lipinski definition) is 4. The van der Waals surface area contributed by atoms with Crippen molar-refractivity contribution in [2.24, 2.45) is 0 Å². The molecule has 4 N–H and O–H groups in total. The van der Waals surface area contributed by atoms with E-state index in [4.69, 9.17) is 0 Å². The minimum Gasteiger partial charge on any atom is -0.508 e. The Bertz CT molecular complexity index is 473. The van der Waals surface area contributed by atoms with E-state index < -0.39 is 12.0 Å². The third kappa shape index (κ3) is 6.27. The van der Waals surface area contributed by atoms with Crippen LogP contribution in [0.5, 0.6) is 5.75 Å². The lowest BCUT2D eigenvalue weighted by atomic mass is 10.1. The number of carboxylic acids is 1. The Balaban J connectivity index is 2.59. The minimum absolute atomic E-state index is 0.00174. The molecule has 0 aliphatic carbocycles. The van der Waals surface area contributed by atoms with E-state index >= 15 is 0 Å². The zero-order chi connectivity index (χ0) is 15.8. The van der Waals surface area contributed by atoms with E-state index in [0.29, 0.717) is 0 Å². The number of phenolic OH excluding ortho intramolecular Hbond substituents is 1. The van der Waals surface area contributed by atoms with E-state index in [-0.39, 0.29) is 30.5 Å². The number of hydrogen-bond acceptors (Lipinski definition) is 4. The van der Waals surface area contributed by atoms with Crippen molar-refractivity contribution in [3.63, 3.8) is 0 Å². The predicted molar refractivity (Wildman–Crippen MR) is 79.1 cm³/mol. The van der Waals surface area contributed by atoms with Crippen molar-refractivity contribution in [3.05, 3.63) is 29.8 Å². The quantitative estimate of drug-likeness (QED) is 0.571. The average molecular weight is 294 g/mol. The van der Waals surface area contributed by atoms with Gasteiger partial charge in [-0.05, 0) is 31.2 Å². The Morgan fingerprint density at radius 1 is 1.24 bits per heavy atom. The topological polar surface area (TPSA) is 98.7 Å². The molecule has 6 heteroatoms. The number of carbonyl (C=O) groups excluding carboxylic acids is 1. The Kier molecular flexibility index (Phi) is 6.68. The summed E-state index contributed by atoms with van der Waals surface area (Å²) in [6.45, 7) is 4.57. The Labute approximate surface area is 124 Å². The molecule has 0 aliphatic heterocycles. The summed E-state index contributed by atoms with van der Waals surface area (Å²) in [5.41, 5.74) is 0.736. The molecule has 2 atom stereocenters. The van der Waals surface area contributed by atoms with Crippen molar-refractivity contribution in [1.29, 1.82) is 0 Å². The molecular formula is C15H22N2O4. The second kappa shape index (κ2) is 8.26. The molecule has 1 unspecified atom stereocenters. The van der Waals surface area contributed by atoms with Gasteiger partial charge in [-0.2, -0.15) is 0 Å². The summed E-state index contributed by atoms with van der Waals surface area (Å²) in [5, 5.41) is 24.0. The number of phenols is 1. The van der Waals surface area contributed by atoms with Gasteiger partial charge in [0.25, 0.3) is 0 Å². The summed E-state index contributed by atoms with van der Waals surface area (Å²) in [5.74, 6) is -1.25. The van der Waals surface area contributed by atoms with E-state index in [1.165, 1.54) is 12.1 Å². The molecule has 1 aromatic rings. The van der Waals surface area contributed by atoms with Gasteiger partial charge in [-0.3, -0.25) is 4.79 Å². The molecular weight excluding hydrogens is 272 g/mol. The molecule has 6 nitrogen and oxygen atoms in total. The molecule has 0 saturated heterocycles. The SMILES string of the molecule is CCNC(C)CC(=O)N[C@H](Cc1ccc(O)cc1)C(=O)O. The number of aromatic hydroxyl groups is 1. The highest BCUT2D eigenvalue weighted by molar-refractivity contribution is 5.84. The summed E-state index contributed by atoms with van der Waals surface area (Å²) in [6, 6.07) is 5.28. The van der Waals surface area contributed by atoms with Gasteiger partial charge in [0.05, 0.1) is 0 Å². The van der Waals surface area contributed by atoms with Crippen molar-refractivity contribution in [1.82, 2.24) is 10.6 Å². The number of amides is 1. The summed E-state index contributed by atoms with van der Waals surface area (Å²) < 4.78 is 0. The van der Waals surface area contributed by atoms with Crippen LogP contribution in [0.3, 0.4) is 0 Å². The van der Waals surface area contributed by atoms with Crippen LogP contribution in [-0.4, -0.2) is 40.7 Å². The van der Waals surface area contributed by atoms with Crippen molar-refractivity contribution < 1.29 is 19.8 Å². The second-order valence-corrected chi connectivity index (χ2v) is 4.99. The van der Waals surface area contributed by atoms with E-state index in [9.17, 15) is 19.8 Å². The van der Waals surface area contributed by atoms with Crippen LogP contribution < -0.4 is 10.6 Å². The number of carboxylic acid groups (broad SMARTS) is 1. The highest BCUT2D eigenvalue weighted by atomic mass is 16.4. The molecule has 0 radical (unpaired) electrons. The van der Waals surface area contributed by atoms with E-state index in [1.54, 1.807) is 12.1 Å². The third-order valence-electron chi connectivity index (χ3n) is 3.05. The second-order valence-electron chi connectivity index (χ2n) is 4.99. The maximum absolute atomic E-state index is 11.8. The molecule has 0 spiro atoms. The van der Waals surface area contributed by atoms with E-state index in [0.717, 1.165) is 12.1 Å². The summed E-state index contributed by atoms with van der Waals surface area (Å²) in [7, 11) is 0. The monoisotopic (exact) mass is 294 g/mol. The standard InChI is InChI=1S/C15H22N2O4/c1-3-16-10(2)8-14(19)17-13(15(20)21)9-11-4-6-12(18)7-5-11/h4-7,10,13,16,18H,3,8-9H2,1-2H3,(H,17,19)(H,20,21)/t10?,13-/m1/s1. The lowest BCUT2D eigenvalue weighted by Gasteiger charge is -2.17. The van der Waals surface area contributed by atoms with Gasteiger partial charge >= 0.3 is 5.97 Å². The highest BCUT2D eigenvalue weighted by Gasteiger charge is 2.21. The van der Waals surface area contributed by atoms with E-state index in [1.807, 2.05) is 13.8 Å². The largest absolute Gasteiger partial charge is 0.508 e. The molecule has 0 fully saturated rings. The minimum atomic E-state index is -1.08. The number of carbonyl (C=O) groups is 2. The Morgan fingerprint density at radius 3 is 2.38 bits per heavy atom. The van der Waals surface area contributed by atoms with Gasteiger partial charge in [0.15, 0.2) is 0 Å². The van der Waals surface area contributed by atoms with Crippen LogP contribution in [0, 0.1) is 0 Å². The van der Waals surface area contributed by atoms with Crippen LogP contribution in [0.4, 0.5) is 0 Å². The fraction of sp³-hybridized carbons (Fsp3) is 0.467. The zero-order valence-electron chi connectivity index (χ0n) is 12.3. The van der Waals surface area contributed by atoms with Crippen LogP contribution in [0.1, 0.15) is 25.8 Å². The van der Waals surface area contributed by atoms with Crippen molar-refractivity contribution >= 4 is 11.9 Å². The van der Waals surface area contributed by atoms with Gasteiger partial charge in [-0.25, -0.2) is 4.79 Å². The van der Waals surface area contributed by atoms with Crippen molar-refractivity contribution in [3.8, 4) is 5.75 Å². The molecule has 1 amide bonds. The van der Waals surface area contributed by atoms with Gasteiger partial charge in [0, 0.05) is 18.9 Å². The van der Waals surface area contributed by atoms with Crippen LogP contribution in [0.25, 0.3) is 0 Å². The smallest absolute Gasteiger partial charge is 0.326 e. The molecule has 0 aromatic heterocycles. The number of benzene rings is 1. The number of nitrogens with one attached hydrogen (secondary N) is 2. The molecule has 21 heavy (non-hydrogen) atoms. The Hall–Kier alpha value is -2.08. The maximum Gasteiger partial charge on any atom is 0.326 e. The molecule has 0 saturated carbocycles. The normalized spacial score (nSPS) is 13.4. The number of rotatable bonds is 8. The van der Waals surface area contributed by atoms with Gasteiger partial charge in [0.1, 0.15) is 11.8 Å². The molecule has 0 heterocycles. The third-order valence-corrected chi connectivity index (χ3v) is 3.05. The first-order valence-electron chi connectivity index (χ1n) is 6.95. The molecule has 0 bridgehead atoms. The first kappa shape index (κ1) is 17.0. The van der Waals surface area contributed by atoms with Crippen molar-refractivity contribution in [2.75, 3.05) is 6.54 Å². The lowest BCUT2D eigenvalue weighted by Crippen LogP contribution is -2.44. The van der Waals surface area contributed by atoms with Crippen LogP contribution in [0.15, 0.2) is 24.3 Å². The van der Waals surface area contributed by atoms with Gasteiger partial charge in [0.2, 0.25) is 5.91 Å². The molecule has 116 valence electrons. The van der Waals surface area contributed by atoms with Gasteiger partial charge in [-0.15, -0.1) is 0 Å². The van der Waals surface area contributed by atoms with E-state index in [2.05, 4.69) is 10.6 Å². The average Bonchev–Trinajstić information content (AvgIpc) is 2.40. The van der Waals surface area contributed by atoms with Crippen LogP contribution in [-0.2, 0) is 16.0 Å². The molecule has 1 aromatic carbocycles. The maximum atomic E-state index is 11.8. The zero-order valence-corrected chi connectivity index (χ0v) is 12.3. The summed E-state index contributed by atoms with van der Waals surface area (Å²) in [4.78, 5) is 23.1. The predicted octanol–water partition coefficient (Wildman–Crippen LogP) is 0.892. The summed E-state index contributed by atoms with van der Waals surface area (Å²) >= 11 is 0. The fourth-order valence-electron chi connectivity index (χ4n) is 2.02. The Morgan fingerprint density at radius 2 is 1.86 bits per heavy atom. The van der Waals surface area contributed by atoms with Crippen LogP contribution in [0.2, 0.25) is 0 Å². The lowest BCUT2D eigenvalue weighted by molar-refractivity contribution is -0.141. The highest BCUT2D eigenvalue weighted by Crippen LogP contribution is 2.11. The van der Waals surface area contributed by atoms with Crippen molar-refractivity contribution in [2.45, 2.75) is 38.8 Å². The number of aliphatic carboxylic acids is 1. The first-order chi connectivity index (χ1) is 9.92. The van der Waals surface area contributed by atoms with Gasteiger partial charge in [-0.1, -0.05) is 19.1 Å². The molecule has 0 aliphatic rings. The fourth-order valence-corrected chi connectivity index (χ4v) is 2.02. The molecule has 1 rings (SSSR count). The summed E-state index contributed by atoms with van der Waals surface area (Å²) in [6.07, 6.45) is 0.407. The van der Waals surface area contributed by atoms with Gasteiger partial charge < -0.3 is 20.8 Å². The first-order valence-corrected chi connectivity index (χ1v) is 6.95. The van der Waals surface area contributed by atoms with Crippen LogP contribution >= 0.6 is 0 Å².